The molecule has 1 N–H and O–H groups in total. The van der Waals surface area contributed by atoms with Crippen LogP contribution >= 0.6 is 23.2 Å². The van der Waals surface area contributed by atoms with Gasteiger partial charge in [-0.3, -0.25) is 5.41 Å². The Morgan fingerprint density at radius 3 is 2.22 bits per heavy atom. The Morgan fingerprint density at radius 1 is 0.875 bits per heavy atom. The fraction of sp³-hybridized carbons (Fsp3) is 0. The van der Waals surface area contributed by atoms with Gasteiger partial charge in [-0.15, -0.1) is 4.91 Å². The van der Waals surface area contributed by atoms with E-state index in [1.54, 1.807) is 36.4 Å². The summed E-state index contributed by atoms with van der Waals surface area (Å²) in [4.78, 5) is 16.5. The van der Waals surface area contributed by atoms with Crippen molar-refractivity contribution in [1.82, 2.24) is 9.55 Å². The van der Waals surface area contributed by atoms with Gasteiger partial charge < -0.3 is 4.57 Å². The lowest BCUT2D eigenvalue weighted by Crippen LogP contribution is -2.19. The minimum absolute atomic E-state index is 0.131. The van der Waals surface area contributed by atoms with Gasteiger partial charge in [0.2, 0.25) is 0 Å². The molecule has 0 spiro atoms. The van der Waals surface area contributed by atoms with E-state index in [-0.39, 0.29) is 5.36 Å². The molecule has 0 aromatic heterocycles. The number of para-hydroxylation sites is 2. The molecule has 0 bridgehead atoms. The molecule has 156 valence electrons. The number of hydrogen-bond donors (Lipinski definition) is 1. The van der Waals surface area contributed by atoms with Crippen molar-refractivity contribution in [2.75, 3.05) is 5.01 Å². The molecule has 0 saturated heterocycles. The molecule has 0 radical (unpaired) electrons. The largest absolute Gasteiger partial charge is 0.306 e. The van der Waals surface area contributed by atoms with Crippen LogP contribution in [0.15, 0.2) is 90.2 Å². The average Bonchev–Trinajstić information content (AvgIpc) is 2.80. The molecule has 0 atom stereocenters. The Morgan fingerprint density at radius 2 is 1.53 bits per heavy atom. The zero-order valence-corrected chi connectivity index (χ0v) is 18.0. The van der Waals surface area contributed by atoms with Crippen LogP contribution in [0.4, 0.5) is 11.4 Å². The molecule has 3 aromatic carbocycles. The summed E-state index contributed by atoms with van der Waals surface area (Å²) in [7, 11) is 0. The second-order valence-electron chi connectivity index (χ2n) is 7.14. The number of nitrogens with zero attached hydrogens (tertiary/aromatic N) is 4. The highest BCUT2D eigenvalue weighted by Gasteiger charge is 2.20. The third-order valence-corrected chi connectivity index (χ3v) is 5.67. The zero-order chi connectivity index (χ0) is 22.2. The van der Waals surface area contributed by atoms with E-state index < -0.39 is 0 Å². The first-order chi connectivity index (χ1) is 15.5. The fourth-order valence-electron chi connectivity index (χ4n) is 3.70. The molecule has 0 amide bonds. The summed E-state index contributed by atoms with van der Waals surface area (Å²) in [6, 6.07) is 25.3. The minimum atomic E-state index is 0.131. The van der Waals surface area contributed by atoms with E-state index in [2.05, 4.69) is 5.29 Å². The predicted octanol–water partition coefficient (Wildman–Crippen LogP) is 6.74. The van der Waals surface area contributed by atoms with Crippen LogP contribution in [-0.4, -0.2) is 9.55 Å². The fourth-order valence-corrected chi connectivity index (χ4v) is 3.95. The molecule has 1 heterocycles. The predicted molar refractivity (Wildman–Crippen MR) is 128 cm³/mol. The van der Waals surface area contributed by atoms with Gasteiger partial charge in [0.25, 0.3) is 0 Å². The highest BCUT2D eigenvalue weighted by molar-refractivity contribution is 6.30. The number of halogens is 2. The van der Waals surface area contributed by atoms with Crippen molar-refractivity contribution in [2.45, 2.75) is 0 Å². The molecule has 0 saturated carbocycles. The number of nitroso groups, excluding NO2 is 1. The maximum absolute atomic E-state index is 11.7. The average molecular weight is 460 g/mol. The van der Waals surface area contributed by atoms with Crippen molar-refractivity contribution in [3.63, 3.8) is 0 Å². The Balaban J connectivity index is 1.79. The number of aromatic nitrogens is 2. The van der Waals surface area contributed by atoms with Crippen LogP contribution < -0.4 is 10.4 Å². The van der Waals surface area contributed by atoms with Crippen molar-refractivity contribution in [1.29, 1.82) is 5.41 Å². The van der Waals surface area contributed by atoms with Crippen LogP contribution in [-0.2, 0) is 0 Å². The van der Waals surface area contributed by atoms with E-state index in [4.69, 9.17) is 33.6 Å². The first-order valence-corrected chi connectivity index (χ1v) is 10.5. The molecular formula is C24H15Cl2N5O. The maximum Gasteiger partial charge on any atom is 0.0957 e. The van der Waals surface area contributed by atoms with Gasteiger partial charge in [0.05, 0.1) is 44.4 Å². The molecule has 0 unspecified atom stereocenters. The molecule has 6 nitrogen and oxygen atoms in total. The smallest absolute Gasteiger partial charge is 0.0957 e. The third kappa shape index (κ3) is 3.49. The molecule has 3 aromatic rings. The van der Waals surface area contributed by atoms with Gasteiger partial charge in [0.1, 0.15) is 0 Å². The maximum atomic E-state index is 11.7. The number of rotatable bonds is 4. The Hall–Kier alpha value is -3.74. The summed E-state index contributed by atoms with van der Waals surface area (Å²) in [5.41, 5.74) is 4.71. The molecule has 2 aliphatic rings. The number of nitrogens with one attached hydrogen (secondary N) is 1. The van der Waals surface area contributed by atoms with Crippen molar-refractivity contribution in [3.8, 4) is 17.1 Å². The number of benzene rings is 4. The van der Waals surface area contributed by atoms with Gasteiger partial charge in [-0.05, 0) is 72.8 Å². The summed E-state index contributed by atoms with van der Waals surface area (Å²) >= 11 is 12.1. The van der Waals surface area contributed by atoms with E-state index >= 15 is 0 Å². The minimum Gasteiger partial charge on any atom is -0.306 e. The monoisotopic (exact) mass is 459 g/mol. The molecule has 0 fully saturated rings. The van der Waals surface area contributed by atoms with Crippen LogP contribution in [0.5, 0.6) is 0 Å². The molecule has 1 aliphatic heterocycles. The lowest BCUT2D eigenvalue weighted by Gasteiger charge is -2.21. The Bertz CT molecular complexity index is 1480. The SMILES string of the molecule is N=c1cc2n(-c3ccc(Cl)cc3)c3ccccc3nc-2cc1N(N=O)c1ccc(Cl)cc1. The summed E-state index contributed by atoms with van der Waals surface area (Å²) in [5, 5.41) is 14.3. The van der Waals surface area contributed by atoms with Crippen LogP contribution in [0, 0.1) is 10.3 Å². The molecule has 1 aliphatic carbocycles. The van der Waals surface area contributed by atoms with Gasteiger partial charge in [-0.2, -0.15) is 5.01 Å². The van der Waals surface area contributed by atoms with E-state index in [0.717, 1.165) is 22.4 Å². The van der Waals surface area contributed by atoms with E-state index in [1.165, 1.54) is 5.01 Å². The van der Waals surface area contributed by atoms with Crippen LogP contribution in [0.1, 0.15) is 0 Å². The van der Waals surface area contributed by atoms with Crippen molar-refractivity contribution < 1.29 is 0 Å². The first-order valence-electron chi connectivity index (χ1n) is 9.70. The second kappa shape index (κ2) is 8.07. The highest BCUT2D eigenvalue weighted by Crippen LogP contribution is 2.33. The third-order valence-electron chi connectivity index (χ3n) is 5.16. The molecular weight excluding hydrogens is 445 g/mol. The lowest BCUT2D eigenvalue weighted by molar-refractivity contribution is 1.02. The topological polar surface area (TPSA) is 74.3 Å². The Kier molecular flexibility index (Phi) is 5.09. The van der Waals surface area contributed by atoms with Gasteiger partial charge in [0.15, 0.2) is 0 Å². The van der Waals surface area contributed by atoms with Crippen LogP contribution in [0.3, 0.4) is 0 Å². The molecule has 5 rings (SSSR count). The van der Waals surface area contributed by atoms with Gasteiger partial charge in [0, 0.05) is 15.7 Å². The van der Waals surface area contributed by atoms with Crippen LogP contribution in [0.25, 0.3) is 28.1 Å². The first kappa shape index (κ1) is 20.2. The quantitative estimate of drug-likeness (QED) is 0.183. The normalized spacial score (nSPS) is 11.1. The van der Waals surface area contributed by atoms with Gasteiger partial charge >= 0.3 is 0 Å². The second-order valence-corrected chi connectivity index (χ2v) is 8.01. The summed E-state index contributed by atoms with van der Waals surface area (Å²) in [5.74, 6) is 0. The van der Waals surface area contributed by atoms with Crippen molar-refractivity contribution in [3.05, 3.63) is 105 Å². The Labute approximate surface area is 193 Å². The van der Waals surface area contributed by atoms with Crippen molar-refractivity contribution >= 4 is 45.6 Å². The van der Waals surface area contributed by atoms with E-state index in [0.29, 0.717) is 27.1 Å². The van der Waals surface area contributed by atoms with Crippen molar-refractivity contribution in [2.24, 2.45) is 5.29 Å². The van der Waals surface area contributed by atoms with Gasteiger partial charge in [-0.25, -0.2) is 4.98 Å². The van der Waals surface area contributed by atoms with Gasteiger partial charge in [-0.1, -0.05) is 35.3 Å². The van der Waals surface area contributed by atoms with E-state index in [9.17, 15) is 4.91 Å². The van der Waals surface area contributed by atoms with Crippen LogP contribution in [0.2, 0.25) is 10.0 Å². The zero-order valence-electron chi connectivity index (χ0n) is 16.5. The summed E-state index contributed by atoms with van der Waals surface area (Å²) in [6.45, 7) is 0. The number of fused-ring (bicyclic) bond motifs is 2. The highest BCUT2D eigenvalue weighted by atomic mass is 35.5. The lowest BCUT2D eigenvalue weighted by atomic mass is 10.1. The number of anilines is 2. The summed E-state index contributed by atoms with van der Waals surface area (Å²) < 4.78 is 2.02. The van der Waals surface area contributed by atoms with E-state index in [1.807, 2.05) is 53.1 Å². The number of hydrogen-bond acceptors (Lipinski definition) is 4. The standard InChI is InChI=1S/C24H15Cl2N5O/c25-15-5-9-17(10-6-15)30-22-4-2-1-3-20(22)28-21-14-23(19(27)13-24(21)30)31(29-32)18-11-7-16(26)8-12-18/h1-14,27H. The molecule has 8 heteroatoms. The molecule has 32 heavy (non-hydrogen) atoms. The summed E-state index contributed by atoms with van der Waals surface area (Å²) in [6.07, 6.45) is 0.